The Bertz CT molecular complexity index is 970. The molecule has 1 fully saturated rings. The minimum Gasteiger partial charge on any atom is -0.373 e. The van der Waals surface area contributed by atoms with Crippen LogP contribution in [0.4, 0.5) is 14.5 Å². The number of carbonyl (C=O) groups excluding carboxylic acids is 1. The van der Waals surface area contributed by atoms with Gasteiger partial charge in [0, 0.05) is 24.7 Å². The van der Waals surface area contributed by atoms with E-state index in [9.17, 15) is 22.0 Å². The highest BCUT2D eigenvalue weighted by molar-refractivity contribution is 7.89. The van der Waals surface area contributed by atoms with Crippen LogP contribution in [0.5, 0.6) is 0 Å². The zero-order valence-corrected chi connectivity index (χ0v) is 16.2. The highest BCUT2D eigenvalue weighted by atomic mass is 32.2. The first-order valence-corrected chi connectivity index (χ1v) is 10.1. The first-order chi connectivity index (χ1) is 13.2. The Morgan fingerprint density at radius 1 is 1.07 bits per heavy atom. The Morgan fingerprint density at radius 3 is 2.25 bits per heavy atom. The number of ether oxygens (including phenoxy) is 1. The summed E-state index contributed by atoms with van der Waals surface area (Å²) in [6, 6.07) is 8.15. The molecule has 9 heteroatoms. The van der Waals surface area contributed by atoms with E-state index < -0.39 is 27.6 Å². The number of benzene rings is 2. The number of nitrogens with one attached hydrogen (secondary N) is 1. The Morgan fingerprint density at radius 2 is 1.68 bits per heavy atom. The summed E-state index contributed by atoms with van der Waals surface area (Å²) >= 11 is 0. The summed E-state index contributed by atoms with van der Waals surface area (Å²) in [5.74, 6) is -2.29. The maximum atomic E-state index is 13.7. The van der Waals surface area contributed by atoms with Gasteiger partial charge in [-0.15, -0.1) is 0 Å². The van der Waals surface area contributed by atoms with E-state index in [0.29, 0.717) is 6.07 Å². The lowest BCUT2D eigenvalue weighted by Gasteiger charge is -2.34. The van der Waals surface area contributed by atoms with Gasteiger partial charge in [0.15, 0.2) is 0 Å². The van der Waals surface area contributed by atoms with E-state index in [1.807, 2.05) is 0 Å². The van der Waals surface area contributed by atoms with Crippen molar-refractivity contribution in [1.29, 1.82) is 0 Å². The molecule has 3 rings (SSSR count). The minimum absolute atomic E-state index is 0.0540. The molecule has 1 heterocycles. The Hall–Kier alpha value is -2.36. The molecule has 2 atom stereocenters. The monoisotopic (exact) mass is 410 g/mol. The van der Waals surface area contributed by atoms with Crippen molar-refractivity contribution in [3.05, 3.63) is 59.7 Å². The largest absolute Gasteiger partial charge is 0.373 e. The average Bonchev–Trinajstić information content (AvgIpc) is 2.63. The highest BCUT2D eigenvalue weighted by Crippen LogP contribution is 2.22. The quantitative estimate of drug-likeness (QED) is 0.841. The van der Waals surface area contributed by atoms with Gasteiger partial charge in [-0.3, -0.25) is 4.79 Å². The maximum absolute atomic E-state index is 13.7. The Kier molecular flexibility index (Phi) is 5.78. The van der Waals surface area contributed by atoms with Crippen molar-refractivity contribution in [3.8, 4) is 0 Å². The molecule has 1 aliphatic rings. The Labute approximate surface area is 162 Å². The number of amides is 1. The van der Waals surface area contributed by atoms with Crippen LogP contribution in [-0.2, 0) is 14.8 Å². The third-order valence-corrected chi connectivity index (χ3v) is 6.17. The zero-order chi connectivity index (χ0) is 20.5. The van der Waals surface area contributed by atoms with Gasteiger partial charge < -0.3 is 10.1 Å². The van der Waals surface area contributed by atoms with Crippen molar-refractivity contribution in [2.45, 2.75) is 31.0 Å². The fraction of sp³-hybridized carbons (Fsp3) is 0.316. The van der Waals surface area contributed by atoms with Gasteiger partial charge in [0.1, 0.15) is 11.6 Å². The molecule has 2 aromatic rings. The number of morpholine rings is 1. The molecule has 150 valence electrons. The first-order valence-electron chi connectivity index (χ1n) is 8.69. The summed E-state index contributed by atoms with van der Waals surface area (Å²) in [5, 5.41) is 2.33. The number of hydrogen-bond donors (Lipinski definition) is 1. The van der Waals surface area contributed by atoms with E-state index in [4.69, 9.17) is 4.74 Å². The summed E-state index contributed by atoms with van der Waals surface area (Å²) in [6.45, 7) is 4.11. The lowest BCUT2D eigenvalue weighted by Crippen LogP contribution is -2.48. The van der Waals surface area contributed by atoms with E-state index in [2.05, 4.69) is 5.32 Å². The lowest BCUT2D eigenvalue weighted by atomic mass is 10.2. The molecule has 1 amide bonds. The van der Waals surface area contributed by atoms with Crippen LogP contribution in [0.3, 0.4) is 0 Å². The molecule has 0 spiro atoms. The molecule has 6 nitrogen and oxygen atoms in total. The predicted octanol–water partition coefficient (Wildman–Crippen LogP) is 3.02. The van der Waals surface area contributed by atoms with Gasteiger partial charge >= 0.3 is 0 Å². The molecular formula is C19H20F2N2O4S. The number of halogens is 2. The van der Waals surface area contributed by atoms with Crippen molar-refractivity contribution >= 4 is 21.6 Å². The van der Waals surface area contributed by atoms with Crippen LogP contribution < -0.4 is 5.32 Å². The second-order valence-electron chi connectivity index (χ2n) is 6.68. The van der Waals surface area contributed by atoms with E-state index >= 15 is 0 Å². The van der Waals surface area contributed by atoms with Crippen molar-refractivity contribution < 1.29 is 26.7 Å². The van der Waals surface area contributed by atoms with Gasteiger partial charge in [-0.2, -0.15) is 4.31 Å². The summed E-state index contributed by atoms with van der Waals surface area (Å²) in [4.78, 5) is 12.3. The van der Waals surface area contributed by atoms with Crippen LogP contribution in [0.1, 0.15) is 24.2 Å². The van der Waals surface area contributed by atoms with Gasteiger partial charge in [-0.25, -0.2) is 17.2 Å². The number of anilines is 1. The SMILES string of the molecule is C[C@@H]1CN(S(=O)(=O)c2ccc(C(=O)Nc3ccc(F)cc3F)cc2)C[C@@H](C)O1. The average molecular weight is 410 g/mol. The number of nitrogens with zero attached hydrogens (tertiary/aromatic N) is 1. The zero-order valence-electron chi connectivity index (χ0n) is 15.4. The molecule has 0 aliphatic carbocycles. The van der Waals surface area contributed by atoms with Crippen molar-refractivity contribution in [3.63, 3.8) is 0 Å². The van der Waals surface area contributed by atoms with E-state index in [0.717, 1.165) is 12.1 Å². The van der Waals surface area contributed by atoms with Crippen LogP contribution in [-0.4, -0.2) is 43.9 Å². The van der Waals surface area contributed by atoms with Gasteiger partial charge in [0.2, 0.25) is 10.0 Å². The molecule has 1 aliphatic heterocycles. The number of hydrogen-bond acceptors (Lipinski definition) is 4. The normalized spacial score (nSPS) is 20.7. The molecule has 0 saturated carbocycles. The topological polar surface area (TPSA) is 75.7 Å². The van der Waals surface area contributed by atoms with Crippen LogP contribution in [0, 0.1) is 11.6 Å². The summed E-state index contributed by atoms with van der Waals surface area (Å²) < 4.78 is 59.1. The molecule has 0 aromatic heterocycles. The molecule has 1 saturated heterocycles. The molecule has 0 radical (unpaired) electrons. The number of carbonyl (C=O) groups is 1. The second-order valence-corrected chi connectivity index (χ2v) is 8.62. The van der Waals surface area contributed by atoms with Gasteiger partial charge in [0.05, 0.1) is 22.8 Å². The lowest BCUT2D eigenvalue weighted by molar-refractivity contribution is -0.0440. The second kappa shape index (κ2) is 7.94. The molecule has 0 bridgehead atoms. The van der Waals surface area contributed by atoms with Crippen LogP contribution >= 0.6 is 0 Å². The standard InChI is InChI=1S/C19H20F2N2O4S/c1-12-10-23(11-13(2)27-12)28(25,26)16-6-3-14(4-7-16)19(24)22-18-8-5-15(20)9-17(18)21/h3-9,12-13H,10-11H2,1-2H3,(H,22,24)/t12-,13-/m1/s1. The third kappa shape index (κ3) is 4.37. The smallest absolute Gasteiger partial charge is 0.255 e. The highest BCUT2D eigenvalue weighted by Gasteiger charge is 2.32. The van der Waals surface area contributed by atoms with Crippen molar-refractivity contribution in [2.24, 2.45) is 0 Å². The third-order valence-electron chi connectivity index (χ3n) is 4.32. The molecule has 0 unspecified atom stereocenters. The fourth-order valence-electron chi connectivity index (χ4n) is 3.04. The van der Waals surface area contributed by atoms with E-state index in [1.54, 1.807) is 13.8 Å². The van der Waals surface area contributed by atoms with Gasteiger partial charge in [-0.05, 0) is 50.2 Å². The van der Waals surface area contributed by atoms with E-state index in [1.165, 1.54) is 28.6 Å². The summed E-state index contributed by atoms with van der Waals surface area (Å²) in [6.07, 6.45) is -0.427. The summed E-state index contributed by atoms with van der Waals surface area (Å²) in [5.41, 5.74) is -0.0224. The minimum atomic E-state index is -3.72. The van der Waals surface area contributed by atoms with Crippen LogP contribution in [0.15, 0.2) is 47.4 Å². The molecular weight excluding hydrogens is 390 g/mol. The molecule has 2 aromatic carbocycles. The first kappa shape index (κ1) is 20.4. The van der Waals surface area contributed by atoms with Gasteiger partial charge in [-0.1, -0.05) is 0 Å². The van der Waals surface area contributed by atoms with Crippen molar-refractivity contribution in [2.75, 3.05) is 18.4 Å². The number of sulfonamides is 1. The van der Waals surface area contributed by atoms with Crippen LogP contribution in [0.25, 0.3) is 0 Å². The molecule has 28 heavy (non-hydrogen) atoms. The fourth-order valence-corrected chi connectivity index (χ4v) is 4.63. The summed E-state index contributed by atoms with van der Waals surface area (Å²) in [7, 11) is -3.72. The molecule has 1 N–H and O–H groups in total. The maximum Gasteiger partial charge on any atom is 0.255 e. The van der Waals surface area contributed by atoms with Crippen molar-refractivity contribution in [1.82, 2.24) is 4.31 Å². The van der Waals surface area contributed by atoms with E-state index in [-0.39, 0.29) is 41.4 Å². The van der Waals surface area contributed by atoms with Crippen LogP contribution in [0.2, 0.25) is 0 Å². The Balaban J connectivity index is 1.76. The predicted molar refractivity (Wildman–Crippen MR) is 99.5 cm³/mol. The van der Waals surface area contributed by atoms with Gasteiger partial charge in [0.25, 0.3) is 5.91 Å². The number of rotatable bonds is 4.